The third-order valence-corrected chi connectivity index (χ3v) is 3.15. The molecule has 0 saturated carbocycles. The van der Waals surface area contributed by atoms with Gasteiger partial charge >= 0.3 is 6.09 Å². The monoisotopic (exact) mass is 298 g/mol. The molecule has 1 aromatic rings. The molecule has 2 rings (SSSR count). The van der Waals surface area contributed by atoms with E-state index in [0.717, 1.165) is 5.56 Å². The van der Waals surface area contributed by atoms with E-state index in [9.17, 15) is 13.6 Å². The van der Waals surface area contributed by atoms with Crippen molar-refractivity contribution >= 4 is 12.3 Å². The number of oxime groups is 1. The maximum atomic E-state index is 13.6. The van der Waals surface area contributed by atoms with Crippen molar-refractivity contribution in [1.29, 1.82) is 0 Å². The zero-order valence-electron chi connectivity index (χ0n) is 11.3. The maximum absolute atomic E-state index is 13.6. The van der Waals surface area contributed by atoms with Gasteiger partial charge in [0.1, 0.15) is 6.10 Å². The highest BCUT2D eigenvalue weighted by atomic mass is 19.3. The molecule has 7 heteroatoms. The van der Waals surface area contributed by atoms with Crippen molar-refractivity contribution in [3.63, 3.8) is 0 Å². The van der Waals surface area contributed by atoms with Crippen molar-refractivity contribution < 1.29 is 23.5 Å². The van der Waals surface area contributed by atoms with Gasteiger partial charge in [0.15, 0.2) is 0 Å². The first-order chi connectivity index (χ1) is 9.96. The molecule has 0 spiro atoms. The Morgan fingerprint density at radius 3 is 2.81 bits per heavy atom. The molecule has 5 nitrogen and oxygen atoms in total. The highest BCUT2D eigenvalue weighted by Gasteiger charge is 2.40. The minimum atomic E-state index is -3.11. The molecular weight excluding hydrogens is 282 g/mol. The van der Waals surface area contributed by atoms with E-state index in [1.165, 1.54) is 6.21 Å². The molecule has 1 unspecified atom stereocenters. The van der Waals surface area contributed by atoms with Gasteiger partial charge in [-0.1, -0.05) is 35.5 Å². The van der Waals surface area contributed by atoms with Crippen LogP contribution in [0.4, 0.5) is 13.6 Å². The Balaban J connectivity index is 1.94. The van der Waals surface area contributed by atoms with Crippen LogP contribution in [0.5, 0.6) is 0 Å². The lowest BCUT2D eigenvalue weighted by Gasteiger charge is -2.20. The van der Waals surface area contributed by atoms with Crippen LogP contribution in [0.15, 0.2) is 35.5 Å². The van der Waals surface area contributed by atoms with E-state index < -0.39 is 31.1 Å². The largest absolute Gasteiger partial charge is 0.465 e. The Kier molecular flexibility index (Phi) is 4.72. The normalized spacial score (nSPS) is 22.0. The summed E-state index contributed by atoms with van der Waals surface area (Å²) in [7, 11) is 0. The summed E-state index contributed by atoms with van der Waals surface area (Å²) < 4.78 is 27.3. The van der Waals surface area contributed by atoms with Gasteiger partial charge in [-0.15, -0.1) is 0 Å². The molecule has 1 saturated heterocycles. The summed E-state index contributed by atoms with van der Waals surface area (Å²) in [5.41, 5.74) is 0.796. The van der Waals surface area contributed by atoms with Crippen LogP contribution in [0.3, 0.4) is 0 Å². The van der Waals surface area contributed by atoms with Gasteiger partial charge in [0, 0.05) is 13.0 Å². The second-order valence-electron chi connectivity index (χ2n) is 4.93. The van der Waals surface area contributed by atoms with Gasteiger partial charge in [0.2, 0.25) is 0 Å². The molecule has 1 atom stereocenters. The molecule has 1 heterocycles. The van der Waals surface area contributed by atoms with Gasteiger partial charge in [-0.05, 0) is 5.56 Å². The Labute approximate surface area is 120 Å². The summed E-state index contributed by atoms with van der Waals surface area (Å²) in [6, 6.07) is 9.11. The number of amides is 1. The number of benzene rings is 1. The van der Waals surface area contributed by atoms with Crippen LogP contribution in [0, 0.1) is 0 Å². The SMILES string of the molecule is O=C(O)N1CCC(ON=Cc2ccccc2)CC(F)(F)C1. The average molecular weight is 298 g/mol. The molecule has 1 fully saturated rings. The summed E-state index contributed by atoms with van der Waals surface area (Å²) in [6.07, 6.45) is -1.05. The summed E-state index contributed by atoms with van der Waals surface area (Å²) in [5.74, 6) is -3.11. The number of hydrogen-bond acceptors (Lipinski definition) is 3. The standard InChI is InChI=1S/C14H16F2N2O3/c15-14(16)8-12(6-7-18(10-14)13(19)20)21-17-9-11-4-2-1-3-5-11/h1-5,9,12H,6-8,10H2,(H,19,20). The molecule has 1 aliphatic heterocycles. The average Bonchev–Trinajstić information content (AvgIpc) is 2.58. The van der Waals surface area contributed by atoms with E-state index in [0.29, 0.717) is 4.90 Å². The Morgan fingerprint density at radius 1 is 1.43 bits per heavy atom. The molecule has 1 aliphatic rings. The van der Waals surface area contributed by atoms with Crippen molar-refractivity contribution in [2.45, 2.75) is 24.9 Å². The third-order valence-electron chi connectivity index (χ3n) is 3.15. The minimum Gasteiger partial charge on any atom is -0.465 e. The lowest BCUT2D eigenvalue weighted by atomic mass is 10.1. The number of halogens is 2. The highest BCUT2D eigenvalue weighted by molar-refractivity contribution is 5.78. The molecule has 114 valence electrons. The topological polar surface area (TPSA) is 62.1 Å². The molecule has 0 radical (unpaired) electrons. The van der Waals surface area contributed by atoms with Gasteiger partial charge in [0.05, 0.1) is 19.2 Å². The lowest BCUT2D eigenvalue weighted by molar-refractivity contribution is -0.0624. The second kappa shape index (κ2) is 6.51. The molecule has 21 heavy (non-hydrogen) atoms. The Bertz CT molecular complexity index is 508. The van der Waals surface area contributed by atoms with Crippen molar-refractivity contribution in [3.8, 4) is 0 Å². The van der Waals surface area contributed by atoms with Gasteiger partial charge < -0.3 is 14.8 Å². The van der Waals surface area contributed by atoms with E-state index in [4.69, 9.17) is 9.94 Å². The van der Waals surface area contributed by atoms with E-state index in [1.807, 2.05) is 18.2 Å². The lowest BCUT2D eigenvalue weighted by Crippen LogP contribution is -2.38. The van der Waals surface area contributed by atoms with Gasteiger partial charge in [-0.25, -0.2) is 13.6 Å². The van der Waals surface area contributed by atoms with Gasteiger partial charge in [-0.2, -0.15) is 0 Å². The molecule has 1 aromatic carbocycles. The fourth-order valence-corrected chi connectivity index (χ4v) is 2.13. The van der Waals surface area contributed by atoms with E-state index in [1.54, 1.807) is 12.1 Å². The first-order valence-corrected chi connectivity index (χ1v) is 6.56. The molecular formula is C14H16F2N2O3. The van der Waals surface area contributed by atoms with E-state index >= 15 is 0 Å². The maximum Gasteiger partial charge on any atom is 0.407 e. The van der Waals surface area contributed by atoms with E-state index in [-0.39, 0.29) is 13.0 Å². The van der Waals surface area contributed by atoms with Crippen molar-refractivity contribution in [3.05, 3.63) is 35.9 Å². The number of carbonyl (C=O) groups is 1. The van der Waals surface area contributed by atoms with Crippen molar-refractivity contribution in [1.82, 2.24) is 4.90 Å². The predicted molar refractivity (Wildman–Crippen MR) is 72.7 cm³/mol. The molecule has 0 aromatic heterocycles. The zero-order chi connectivity index (χ0) is 15.3. The number of hydrogen-bond donors (Lipinski definition) is 1. The molecule has 0 aliphatic carbocycles. The summed E-state index contributed by atoms with van der Waals surface area (Å²) in [4.78, 5) is 16.6. The number of nitrogens with zero attached hydrogens (tertiary/aromatic N) is 2. The second-order valence-corrected chi connectivity index (χ2v) is 4.93. The van der Waals surface area contributed by atoms with Crippen LogP contribution in [-0.4, -0.2) is 47.4 Å². The molecule has 1 amide bonds. The highest BCUT2D eigenvalue weighted by Crippen LogP contribution is 2.28. The number of likely N-dealkylation sites (tertiary alicyclic amines) is 1. The quantitative estimate of drug-likeness (QED) is 0.689. The fraction of sp³-hybridized carbons (Fsp3) is 0.429. The summed E-state index contributed by atoms with van der Waals surface area (Å²) in [5, 5.41) is 12.5. The predicted octanol–water partition coefficient (Wildman–Crippen LogP) is 2.81. The number of rotatable bonds is 3. The third kappa shape index (κ3) is 4.70. The number of carboxylic acid groups (broad SMARTS) is 1. The Morgan fingerprint density at radius 2 is 2.14 bits per heavy atom. The van der Waals surface area contributed by atoms with Crippen LogP contribution < -0.4 is 0 Å². The Hall–Kier alpha value is -2.18. The van der Waals surface area contributed by atoms with Crippen molar-refractivity contribution in [2.75, 3.05) is 13.1 Å². The first-order valence-electron chi connectivity index (χ1n) is 6.56. The summed E-state index contributed by atoms with van der Waals surface area (Å²) >= 11 is 0. The molecule has 0 bridgehead atoms. The van der Waals surface area contributed by atoms with Crippen LogP contribution in [0.2, 0.25) is 0 Å². The minimum absolute atomic E-state index is 0.0104. The number of alkyl halides is 2. The van der Waals surface area contributed by atoms with Gasteiger partial charge in [0.25, 0.3) is 5.92 Å². The van der Waals surface area contributed by atoms with Gasteiger partial charge in [-0.3, -0.25) is 0 Å². The summed E-state index contributed by atoms with van der Waals surface area (Å²) in [6.45, 7) is -0.791. The fourth-order valence-electron chi connectivity index (χ4n) is 2.13. The zero-order valence-corrected chi connectivity index (χ0v) is 11.3. The van der Waals surface area contributed by atoms with E-state index in [2.05, 4.69) is 5.16 Å². The van der Waals surface area contributed by atoms with Crippen molar-refractivity contribution in [2.24, 2.45) is 5.16 Å². The first kappa shape index (κ1) is 15.2. The van der Waals surface area contributed by atoms with Crippen LogP contribution in [0.1, 0.15) is 18.4 Å². The van der Waals surface area contributed by atoms with Crippen LogP contribution in [0.25, 0.3) is 0 Å². The van der Waals surface area contributed by atoms with Crippen LogP contribution in [-0.2, 0) is 4.84 Å². The molecule has 1 N–H and O–H groups in total. The van der Waals surface area contributed by atoms with Crippen LogP contribution >= 0.6 is 0 Å². The smallest absolute Gasteiger partial charge is 0.407 e.